The van der Waals surface area contributed by atoms with E-state index >= 15 is 0 Å². The summed E-state index contributed by atoms with van der Waals surface area (Å²) in [5.74, 6) is -3.19. The molecule has 0 saturated carbocycles. The van der Waals surface area contributed by atoms with Crippen molar-refractivity contribution in [2.75, 3.05) is 33.4 Å². The quantitative estimate of drug-likeness (QED) is 0.653. The second-order valence-electron chi connectivity index (χ2n) is 8.18. The summed E-state index contributed by atoms with van der Waals surface area (Å²) in [5, 5.41) is 10.0. The number of rotatable bonds is 6. The highest BCUT2D eigenvalue weighted by Crippen LogP contribution is 2.30. The van der Waals surface area contributed by atoms with Crippen molar-refractivity contribution in [2.24, 2.45) is 5.92 Å². The highest BCUT2D eigenvalue weighted by Gasteiger charge is 2.41. The highest BCUT2D eigenvalue weighted by molar-refractivity contribution is 6.33. The fourth-order valence-corrected chi connectivity index (χ4v) is 4.20. The molecule has 0 aliphatic carbocycles. The number of H-pyrrole nitrogens is 1. The van der Waals surface area contributed by atoms with E-state index in [1.54, 1.807) is 17.0 Å². The molecule has 2 saturated heterocycles. The minimum absolute atomic E-state index is 0.0615. The Balaban J connectivity index is 1.30. The van der Waals surface area contributed by atoms with Crippen molar-refractivity contribution in [3.8, 4) is 17.1 Å². The standard InChI is InChI=1S/C21H24ClF2N5O4/c1-32-18-6-14(15(22)10-25-18)16-7-17(28-27-16)20(31)29-4-2-12(3-5-29)19(30)26-9-13-8-21(23,24)11-33-13/h6-7,10,12-13H,2-5,8-9,11H2,1H3,(H,26,30)(H,27,28). The van der Waals surface area contributed by atoms with Gasteiger partial charge in [0.2, 0.25) is 11.8 Å². The number of carbonyl (C=O) groups is 2. The lowest BCUT2D eigenvalue weighted by Crippen LogP contribution is -2.44. The largest absolute Gasteiger partial charge is 0.481 e. The Kier molecular flexibility index (Phi) is 6.80. The van der Waals surface area contributed by atoms with E-state index < -0.39 is 18.6 Å². The molecule has 4 rings (SSSR count). The molecule has 1 atom stereocenters. The summed E-state index contributed by atoms with van der Waals surface area (Å²) < 4.78 is 36.5. The Morgan fingerprint density at radius 3 is 2.79 bits per heavy atom. The maximum absolute atomic E-state index is 13.2. The van der Waals surface area contributed by atoms with Gasteiger partial charge in [0.05, 0.1) is 30.1 Å². The van der Waals surface area contributed by atoms with E-state index in [-0.39, 0.29) is 36.4 Å². The lowest BCUT2D eigenvalue weighted by molar-refractivity contribution is -0.126. The normalized spacial score (nSPS) is 20.6. The number of halogens is 3. The lowest BCUT2D eigenvalue weighted by atomic mass is 9.95. The van der Waals surface area contributed by atoms with Gasteiger partial charge in [0, 0.05) is 43.6 Å². The number of hydrogen-bond donors (Lipinski definition) is 2. The van der Waals surface area contributed by atoms with Crippen molar-refractivity contribution < 1.29 is 27.8 Å². The maximum atomic E-state index is 13.2. The molecule has 2 aromatic rings. The molecule has 12 heteroatoms. The topological polar surface area (TPSA) is 109 Å². The third-order valence-electron chi connectivity index (χ3n) is 5.84. The summed E-state index contributed by atoms with van der Waals surface area (Å²) in [5.41, 5.74) is 1.39. The average molecular weight is 484 g/mol. The predicted molar refractivity (Wildman–Crippen MR) is 114 cm³/mol. The van der Waals surface area contributed by atoms with Crippen LogP contribution in [-0.4, -0.2) is 77.3 Å². The van der Waals surface area contributed by atoms with Crippen molar-refractivity contribution in [1.82, 2.24) is 25.4 Å². The molecule has 1 unspecified atom stereocenters. The van der Waals surface area contributed by atoms with E-state index in [1.165, 1.54) is 13.3 Å². The first-order valence-electron chi connectivity index (χ1n) is 10.6. The molecule has 9 nitrogen and oxygen atoms in total. The van der Waals surface area contributed by atoms with Crippen LogP contribution < -0.4 is 10.1 Å². The van der Waals surface area contributed by atoms with Crippen LogP contribution in [0, 0.1) is 5.92 Å². The number of aromatic amines is 1. The summed E-state index contributed by atoms with van der Waals surface area (Å²) in [7, 11) is 1.49. The third kappa shape index (κ3) is 5.41. The van der Waals surface area contributed by atoms with Gasteiger partial charge in [-0.3, -0.25) is 14.7 Å². The Bertz CT molecular complexity index is 1030. The van der Waals surface area contributed by atoms with Crippen molar-refractivity contribution in [3.63, 3.8) is 0 Å². The Hall–Kier alpha value is -2.79. The summed E-state index contributed by atoms with van der Waals surface area (Å²) in [6, 6.07) is 3.26. The zero-order valence-corrected chi connectivity index (χ0v) is 18.7. The Morgan fingerprint density at radius 1 is 1.36 bits per heavy atom. The van der Waals surface area contributed by atoms with Gasteiger partial charge < -0.3 is 19.7 Å². The molecule has 0 spiro atoms. The van der Waals surface area contributed by atoms with Gasteiger partial charge >= 0.3 is 0 Å². The maximum Gasteiger partial charge on any atom is 0.274 e. The number of pyridine rings is 1. The molecule has 4 heterocycles. The van der Waals surface area contributed by atoms with Crippen LogP contribution in [0.4, 0.5) is 8.78 Å². The number of likely N-dealkylation sites (tertiary alicyclic amines) is 1. The molecule has 2 fully saturated rings. The number of methoxy groups -OCH3 is 1. The Morgan fingerprint density at radius 2 is 2.12 bits per heavy atom. The smallest absolute Gasteiger partial charge is 0.274 e. The molecule has 0 bridgehead atoms. The number of alkyl halides is 2. The minimum atomic E-state index is -2.83. The second kappa shape index (κ2) is 9.60. The number of nitrogens with zero attached hydrogens (tertiary/aromatic N) is 3. The number of nitrogens with one attached hydrogen (secondary N) is 2. The van der Waals surface area contributed by atoms with E-state index in [1.807, 2.05) is 0 Å². The zero-order valence-electron chi connectivity index (χ0n) is 17.9. The van der Waals surface area contributed by atoms with Gasteiger partial charge in [-0.25, -0.2) is 13.8 Å². The van der Waals surface area contributed by atoms with Crippen LogP contribution in [-0.2, 0) is 9.53 Å². The van der Waals surface area contributed by atoms with Crippen LogP contribution in [0.1, 0.15) is 29.8 Å². The van der Waals surface area contributed by atoms with E-state index in [9.17, 15) is 18.4 Å². The van der Waals surface area contributed by atoms with Gasteiger partial charge in [-0.2, -0.15) is 5.10 Å². The number of hydrogen-bond acceptors (Lipinski definition) is 6. The molecule has 2 aliphatic heterocycles. The van der Waals surface area contributed by atoms with Crippen molar-refractivity contribution in [2.45, 2.75) is 31.3 Å². The first-order valence-corrected chi connectivity index (χ1v) is 11.0. The average Bonchev–Trinajstić information content (AvgIpc) is 3.44. The van der Waals surface area contributed by atoms with Crippen molar-refractivity contribution in [3.05, 3.63) is 29.0 Å². The molecule has 2 aliphatic rings. The fourth-order valence-electron chi connectivity index (χ4n) is 3.99. The van der Waals surface area contributed by atoms with E-state index in [0.717, 1.165) is 0 Å². The monoisotopic (exact) mass is 483 g/mol. The lowest BCUT2D eigenvalue weighted by Gasteiger charge is -2.31. The summed E-state index contributed by atoms with van der Waals surface area (Å²) in [4.78, 5) is 30.9. The molecule has 2 aromatic heterocycles. The number of carbonyl (C=O) groups excluding carboxylic acids is 2. The molecule has 0 aromatic carbocycles. The molecule has 2 N–H and O–H groups in total. The number of aromatic nitrogens is 3. The predicted octanol–water partition coefficient (Wildman–Crippen LogP) is 2.53. The number of ether oxygens (including phenoxy) is 2. The van der Waals surface area contributed by atoms with Crippen LogP contribution in [0.2, 0.25) is 5.02 Å². The first kappa shape index (κ1) is 23.4. The van der Waals surface area contributed by atoms with Gasteiger partial charge in [-0.05, 0) is 18.9 Å². The zero-order chi connectivity index (χ0) is 23.6. The van der Waals surface area contributed by atoms with Crippen LogP contribution in [0.3, 0.4) is 0 Å². The molecular weight excluding hydrogens is 460 g/mol. The second-order valence-corrected chi connectivity index (χ2v) is 8.59. The summed E-state index contributed by atoms with van der Waals surface area (Å²) in [6.45, 7) is 0.234. The molecule has 2 amide bonds. The van der Waals surface area contributed by atoms with Crippen molar-refractivity contribution in [1.29, 1.82) is 0 Å². The fraction of sp³-hybridized carbons (Fsp3) is 0.524. The van der Waals surface area contributed by atoms with Crippen LogP contribution >= 0.6 is 11.6 Å². The Labute approximate surface area is 193 Å². The van der Waals surface area contributed by atoms with E-state index in [0.29, 0.717) is 48.1 Å². The third-order valence-corrected chi connectivity index (χ3v) is 6.14. The first-order chi connectivity index (χ1) is 15.8. The highest BCUT2D eigenvalue weighted by atomic mass is 35.5. The van der Waals surface area contributed by atoms with Crippen LogP contribution in [0.25, 0.3) is 11.3 Å². The molecule has 0 radical (unpaired) electrons. The number of amides is 2. The summed E-state index contributed by atoms with van der Waals surface area (Å²) in [6.07, 6.45) is 1.35. The van der Waals surface area contributed by atoms with Gasteiger partial charge in [0.15, 0.2) is 5.69 Å². The number of piperidine rings is 1. The van der Waals surface area contributed by atoms with Crippen LogP contribution in [0.5, 0.6) is 5.88 Å². The van der Waals surface area contributed by atoms with E-state index in [4.69, 9.17) is 21.1 Å². The molecule has 33 heavy (non-hydrogen) atoms. The van der Waals surface area contributed by atoms with Gasteiger partial charge in [0.1, 0.15) is 6.61 Å². The van der Waals surface area contributed by atoms with Gasteiger partial charge in [-0.1, -0.05) is 11.6 Å². The summed E-state index contributed by atoms with van der Waals surface area (Å²) >= 11 is 6.21. The van der Waals surface area contributed by atoms with E-state index in [2.05, 4.69) is 20.5 Å². The SMILES string of the molecule is COc1cc(-c2cc(C(=O)N3CCC(C(=O)NCC4CC(F)(F)CO4)CC3)n[nH]2)c(Cl)cn1. The van der Waals surface area contributed by atoms with Crippen molar-refractivity contribution >= 4 is 23.4 Å². The van der Waals surface area contributed by atoms with Crippen LogP contribution in [0.15, 0.2) is 18.3 Å². The van der Waals surface area contributed by atoms with Gasteiger partial charge in [-0.15, -0.1) is 0 Å². The van der Waals surface area contributed by atoms with Gasteiger partial charge in [0.25, 0.3) is 11.8 Å². The molecular formula is C21H24ClF2N5O4. The molecule has 178 valence electrons. The minimum Gasteiger partial charge on any atom is -0.481 e.